The molecular formula is C14H19NO6. The Morgan fingerprint density at radius 2 is 1.81 bits per heavy atom. The van der Waals surface area contributed by atoms with Gasteiger partial charge in [-0.3, -0.25) is 0 Å². The molecule has 0 fully saturated rings. The number of carbonyl (C=O) groups is 3. The summed E-state index contributed by atoms with van der Waals surface area (Å²) >= 11 is 0. The van der Waals surface area contributed by atoms with E-state index in [0.29, 0.717) is 16.8 Å². The predicted molar refractivity (Wildman–Crippen MR) is 73.1 cm³/mol. The molecular weight excluding hydrogens is 278 g/mol. The third-order valence-corrected chi connectivity index (χ3v) is 2.94. The molecule has 1 aromatic rings. The normalized spacial score (nSPS) is 11.7. The third kappa shape index (κ3) is 3.62. The molecule has 1 rings (SSSR count). The zero-order valence-electron chi connectivity index (χ0n) is 12.7. The fraction of sp³-hybridized carbons (Fsp3) is 0.500. The van der Waals surface area contributed by atoms with Gasteiger partial charge in [-0.1, -0.05) is 0 Å². The summed E-state index contributed by atoms with van der Waals surface area (Å²) in [6.45, 7) is 6.60. The number of hydrogen-bond donors (Lipinski definition) is 1. The molecule has 7 nitrogen and oxygen atoms in total. The van der Waals surface area contributed by atoms with Crippen LogP contribution < -0.4 is 0 Å². The van der Waals surface area contributed by atoms with Crippen molar-refractivity contribution < 1.29 is 28.6 Å². The highest BCUT2D eigenvalue weighted by Gasteiger charge is 2.26. The summed E-state index contributed by atoms with van der Waals surface area (Å²) in [5.41, 5.74) is 1.34. The maximum absolute atomic E-state index is 12.0. The summed E-state index contributed by atoms with van der Waals surface area (Å²) in [7, 11) is 1.20. The average Bonchev–Trinajstić information content (AvgIpc) is 2.73. The number of esters is 3. The second-order valence-electron chi connectivity index (χ2n) is 4.42. The number of carbonyl (C=O) groups excluding carboxylic acids is 3. The van der Waals surface area contributed by atoms with E-state index in [0.717, 1.165) is 0 Å². The lowest BCUT2D eigenvalue weighted by atomic mass is 10.1. The van der Waals surface area contributed by atoms with Crippen LogP contribution in [0.2, 0.25) is 0 Å². The van der Waals surface area contributed by atoms with E-state index in [1.165, 1.54) is 14.0 Å². The molecule has 0 bridgehead atoms. The van der Waals surface area contributed by atoms with Crippen molar-refractivity contribution in [3.8, 4) is 0 Å². The van der Waals surface area contributed by atoms with E-state index in [1.807, 2.05) is 0 Å². The Morgan fingerprint density at radius 3 is 2.33 bits per heavy atom. The monoisotopic (exact) mass is 297 g/mol. The van der Waals surface area contributed by atoms with Crippen LogP contribution >= 0.6 is 0 Å². The molecule has 0 aliphatic heterocycles. The predicted octanol–water partition coefficient (Wildman–Crippen LogP) is 1.53. The number of methoxy groups -OCH3 is 1. The molecule has 21 heavy (non-hydrogen) atoms. The lowest BCUT2D eigenvalue weighted by Crippen LogP contribution is -2.25. The highest BCUT2D eigenvalue weighted by molar-refractivity contribution is 5.99. The minimum atomic E-state index is -1.03. The topological polar surface area (TPSA) is 94.7 Å². The van der Waals surface area contributed by atoms with Crippen molar-refractivity contribution in [2.75, 3.05) is 13.7 Å². The van der Waals surface area contributed by atoms with Gasteiger partial charge in [0, 0.05) is 5.69 Å². The zero-order chi connectivity index (χ0) is 16.2. The molecule has 1 aromatic heterocycles. The summed E-state index contributed by atoms with van der Waals surface area (Å²) in [5.74, 6) is -1.90. The van der Waals surface area contributed by atoms with Crippen molar-refractivity contribution in [2.24, 2.45) is 0 Å². The van der Waals surface area contributed by atoms with Crippen molar-refractivity contribution in [2.45, 2.75) is 33.8 Å². The SMILES string of the molecule is CCOC(=O)c1c(C)[nH]c(C(=O)O[C@H](C)C(=O)OC)c1C. The maximum Gasteiger partial charge on any atom is 0.355 e. The second kappa shape index (κ2) is 6.92. The first-order chi connectivity index (χ1) is 9.83. The highest BCUT2D eigenvalue weighted by atomic mass is 16.6. The van der Waals surface area contributed by atoms with Gasteiger partial charge < -0.3 is 19.2 Å². The van der Waals surface area contributed by atoms with Crippen molar-refractivity contribution >= 4 is 17.9 Å². The van der Waals surface area contributed by atoms with Crippen molar-refractivity contribution in [1.82, 2.24) is 4.98 Å². The Labute approximate surface area is 122 Å². The number of aromatic amines is 1. The Kier molecular flexibility index (Phi) is 5.52. The molecule has 0 saturated heterocycles. The molecule has 0 amide bonds. The number of aromatic nitrogens is 1. The van der Waals surface area contributed by atoms with E-state index in [4.69, 9.17) is 9.47 Å². The van der Waals surface area contributed by atoms with Crippen LogP contribution in [0.15, 0.2) is 0 Å². The van der Waals surface area contributed by atoms with Gasteiger partial charge >= 0.3 is 17.9 Å². The lowest BCUT2D eigenvalue weighted by Gasteiger charge is -2.10. The molecule has 0 aliphatic rings. The number of H-pyrrole nitrogens is 1. The summed E-state index contributed by atoms with van der Waals surface area (Å²) in [6, 6.07) is 0. The van der Waals surface area contributed by atoms with Crippen molar-refractivity contribution in [1.29, 1.82) is 0 Å². The lowest BCUT2D eigenvalue weighted by molar-refractivity contribution is -0.149. The van der Waals surface area contributed by atoms with Crippen LogP contribution in [0.25, 0.3) is 0 Å². The number of aryl methyl sites for hydroxylation is 1. The zero-order valence-corrected chi connectivity index (χ0v) is 12.7. The Bertz CT molecular complexity index is 560. The molecule has 0 aromatic carbocycles. The van der Waals surface area contributed by atoms with Gasteiger partial charge in [0.1, 0.15) is 5.69 Å². The van der Waals surface area contributed by atoms with E-state index in [9.17, 15) is 14.4 Å². The van der Waals surface area contributed by atoms with Gasteiger partial charge in [0.2, 0.25) is 0 Å². The van der Waals surface area contributed by atoms with Crippen LogP contribution in [0.3, 0.4) is 0 Å². The number of rotatable bonds is 5. The Balaban J connectivity index is 2.99. The number of hydrogen-bond acceptors (Lipinski definition) is 6. The van der Waals surface area contributed by atoms with Gasteiger partial charge in [0.15, 0.2) is 6.10 Å². The van der Waals surface area contributed by atoms with E-state index >= 15 is 0 Å². The van der Waals surface area contributed by atoms with Gasteiger partial charge in [0.25, 0.3) is 0 Å². The van der Waals surface area contributed by atoms with Crippen LogP contribution in [0.1, 0.15) is 46.0 Å². The average molecular weight is 297 g/mol. The van der Waals surface area contributed by atoms with Crippen LogP contribution in [0.5, 0.6) is 0 Å². The van der Waals surface area contributed by atoms with E-state index in [2.05, 4.69) is 9.72 Å². The molecule has 1 heterocycles. The van der Waals surface area contributed by atoms with Crippen LogP contribution in [0.4, 0.5) is 0 Å². The number of ether oxygens (including phenoxy) is 3. The first kappa shape index (κ1) is 16.7. The van der Waals surface area contributed by atoms with Gasteiger partial charge in [-0.05, 0) is 33.3 Å². The highest BCUT2D eigenvalue weighted by Crippen LogP contribution is 2.20. The second-order valence-corrected chi connectivity index (χ2v) is 4.42. The molecule has 0 aliphatic carbocycles. The Morgan fingerprint density at radius 1 is 1.19 bits per heavy atom. The molecule has 0 saturated carbocycles. The summed E-state index contributed by atoms with van der Waals surface area (Å²) in [4.78, 5) is 37.9. The van der Waals surface area contributed by atoms with Gasteiger partial charge in [-0.25, -0.2) is 14.4 Å². The minimum Gasteiger partial charge on any atom is -0.466 e. The summed E-state index contributed by atoms with van der Waals surface area (Å²) < 4.78 is 14.4. The molecule has 116 valence electrons. The van der Waals surface area contributed by atoms with Crippen LogP contribution in [-0.4, -0.2) is 42.7 Å². The largest absolute Gasteiger partial charge is 0.466 e. The summed E-state index contributed by atoms with van der Waals surface area (Å²) in [5, 5.41) is 0. The van der Waals surface area contributed by atoms with E-state index in [-0.39, 0.29) is 12.3 Å². The fourth-order valence-corrected chi connectivity index (χ4v) is 1.90. The maximum atomic E-state index is 12.0. The van der Waals surface area contributed by atoms with Gasteiger partial charge in [0.05, 0.1) is 19.3 Å². The number of nitrogens with one attached hydrogen (secondary N) is 1. The fourth-order valence-electron chi connectivity index (χ4n) is 1.90. The molecule has 0 radical (unpaired) electrons. The van der Waals surface area contributed by atoms with E-state index < -0.39 is 24.0 Å². The third-order valence-electron chi connectivity index (χ3n) is 2.94. The molecule has 0 spiro atoms. The molecule has 1 atom stereocenters. The van der Waals surface area contributed by atoms with Crippen LogP contribution in [-0.2, 0) is 19.0 Å². The Hall–Kier alpha value is -2.31. The van der Waals surface area contributed by atoms with Crippen LogP contribution in [0, 0.1) is 13.8 Å². The quantitative estimate of drug-likeness (QED) is 0.654. The first-order valence-electron chi connectivity index (χ1n) is 6.48. The minimum absolute atomic E-state index is 0.117. The molecule has 7 heteroatoms. The standard InChI is InChI=1S/C14H19NO6/c1-6-20-13(17)10-7(2)11(15-8(10)3)14(18)21-9(4)12(16)19-5/h9,15H,6H2,1-5H3/t9-/m1/s1. The first-order valence-corrected chi connectivity index (χ1v) is 6.48. The van der Waals surface area contributed by atoms with Gasteiger partial charge in [-0.15, -0.1) is 0 Å². The van der Waals surface area contributed by atoms with E-state index in [1.54, 1.807) is 20.8 Å². The van der Waals surface area contributed by atoms with Crippen molar-refractivity contribution in [3.05, 3.63) is 22.5 Å². The molecule has 0 unspecified atom stereocenters. The van der Waals surface area contributed by atoms with Crippen molar-refractivity contribution in [3.63, 3.8) is 0 Å². The molecule has 1 N–H and O–H groups in total. The summed E-state index contributed by atoms with van der Waals surface area (Å²) in [6.07, 6.45) is -1.03. The smallest absolute Gasteiger partial charge is 0.355 e. The van der Waals surface area contributed by atoms with Gasteiger partial charge in [-0.2, -0.15) is 0 Å².